The molecule has 1 atom stereocenters. The summed E-state index contributed by atoms with van der Waals surface area (Å²) in [4.78, 5) is 17.6. The van der Waals surface area contributed by atoms with Crippen LogP contribution in [0.1, 0.15) is 35.0 Å². The predicted octanol–water partition coefficient (Wildman–Crippen LogP) is 3.38. The smallest absolute Gasteiger partial charge is 0.263 e. The van der Waals surface area contributed by atoms with Crippen molar-refractivity contribution in [3.05, 3.63) is 20.3 Å². The number of thiophene rings is 1. The second kappa shape index (κ2) is 6.37. The van der Waals surface area contributed by atoms with Crippen LogP contribution in [0.5, 0.6) is 0 Å². The van der Waals surface area contributed by atoms with Crippen molar-refractivity contribution in [2.45, 2.75) is 32.7 Å². The molecule has 0 spiro atoms. The maximum atomic E-state index is 12.4. The second-order valence-corrected chi connectivity index (χ2v) is 7.55. The van der Waals surface area contributed by atoms with E-state index < -0.39 is 0 Å². The van der Waals surface area contributed by atoms with E-state index in [2.05, 4.69) is 27.8 Å². The van der Waals surface area contributed by atoms with Crippen LogP contribution >= 0.6 is 27.3 Å². The first-order chi connectivity index (χ1) is 9.02. The molecule has 0 bridgehead atoms. The minimum Gasteiger partial charge on any atom is -0.339 e. The van der Waals surface area contributed by atoms with Crippen molar-refractivity contribution in [2.75, 3.05) is 26.7 Å². The highest BCUT2D eigenvalue weighted by atomic mass is 79.9. The molecule has 1 unspecified atom stereocenters. The number of hydrogen-bond acceptors (Lipinski definition) is 3. The van der Waals surface area contributed by atoms with Gasteiger partial charge in [0.2, 0.25) is 0 Å². The standard InChI is InChI=1S/C14H21BrN2OS/c1-4-17-7-5-6-11(17)9-16(3)14(18)12-8-10(2)13(15)19-12/h8,11H,4-7,9H2,1-3H3. The first kappa shape index (κ1) is 15.0. The third-order valence-electron chi connectivity index (χ3n) is 3.80. The molecule has 1 aromatic heterocycles. The highest BCUT2D eigenvalue weighted by Crippen LogP contribution is 2.28. The van der Waals surface area contributed by atoms with Crippen LogP contribution in [0.2, 0.25) is 0 Å². The zero-order chi connectivity index (χ0) is 14.0. The summed E-state index contributed by atoms with van der Waals surface area (Å²) in [7, 11) is 1.91. The molecule has 1 fully saturated rings. The largest absolute Gasteiger partial charge is 0.339 e. The summed E-state index contributed by atoms with van der Waals surface area (Å²) in [5, 5.41) is 0. The van der Waals surface area contributed by atoms with Crippen LogP contribution in [0.25, 0.3) is 0 Å². The Labute approximate surface area is 127 Å². The Morgan fingerprint density at radius 1 is 1.63 bits per heavy atom. The van der Waals surface area contributed by atoms with E-state index in [1.165, 1.54) is 30.7 Å². The van der Waals surface area contributed by atoms with Gasteiger partial charge in [0.15, 0.2) is 0 Å². The number of amides is 1. The summed E-state index contributed by atoms with van der Waals surface area (Å²) in [5.41, 5.74) is 1.14. The highest BCUT2D eigenvalue weighted by Gasteiger charge is 2.26. The van der Waals surface area contributed by atoms with Crippen LogP contribution in [0, 0.1) is 6.92 Å². The third-order valence-corrected chi connectivity index (χ3v) is 5.93. The number of carbonyl (C=O) groups is 1. The Morgan fingerprint density at radius 2 is 2.37 bits per heavy atom. The number of nitrogens with zero attached hydrogens (tertiary/aromatic N) is 2. The van der Waals surface area contributed by atoms with Gasteiger partial charge in [-0.15, -0.1) is 11.3 Å². The fourth-order valence-electron chi connectivity index (χ4n) is 2.67. The normalized spacial score (nSPS) is 19.9. The van der Waals surface area contributed by atoms with Crippen molar-refractivity contribution in [2.24, 2.45) is 0 Å². The molecule has 2 rings (SSSR count). The molecule has 1 saturated heterocycles. The van der Waals surface area contributed by atoms with E-state index in [1.807, 2.05) is 24.9 Å². The van der Waals surface area contributed by atoms with Crippen molar-refractivity contribution in [1.82, 2.24) is 9.80 Å². The molecular weight excluding hydrogens is 324 g/mol. The Balaban J connectivity index is 1.99. The van der Waals surface area contributed by atoms with E-state index in [9.17, 15) is 4.79 Å². The van der Waals surface area contributed by atoms with Gasteiger partial charge < -0.3 is 4.90 Å². The molecule has 2 heterocycles. The molecule has 1 aliphatic rings. The van der Waals surface area contributed by atoms with Gasteiger partial charge in [0, 0.05) is 19.6 Å². The molecular formula is C14H21BrN2OS. The third kappa shape index (κ3) is 3.38. The average molecular weight is 345 g/mol. The zero-order valence-corrected chi connectivity index (χ0v) is 14.2. The maximum Gasteiger partial charge on any atom is 0.263 e. The van der Waals surface area contributed by atoms with Crippen LogP contribution in [-0.2, 0) is 0 Å². The number of likely N-dealkylation sites (tertiary alicyclic amines) is 1. The van der Waals surface area contributed by atoms with Crippen molar-refractivity contribution < 1.29 is 4.79 Å². The van der Waals surface area contributed by atoms with E-state index in [0.29, 0.717) is 6.04 Å². The zero-order valence-electron chi connectivity index (χ0n) is 11.8. The molecule has 0 radical (unpaired) electrons. The lowest BCUT2D eigenvalue weighted by Crippen LogP contribution is -2.40. The number of rotatable bonds is 4. The maximum absolute atomic E-state index is 12.4. The Hall–Kier alpha value is -0.390. The number of halogens is 1. The predicted molar refractivity (Wildman–Crippen MR) is 84.0 cm³/mol. The monoisotopic (exact) mass is 344 g/mol. The van der Waals surface area contributed by atoms with Crippen LogP contribution < -0.4 is 0 Å². The topological polar surface area (TPSA) is 23.6 Å². The molecule has 1 aromatic rings. The molecule has 106 valence electrons. The lowest BCUT2D eigenvalue weighted by Gasteiger charge is -2.27. The minimum absolute atomic E-state index is 0.141. The first-order valence-electron chi connectivity index (χ1n) is 6.78. The van der Waals surface area contributed by atoms with Crippen molar-refractivity contribution in [3.8, 4) is 0 Å². The molecule has 1 amide bonds. The van der Waals surface area contributed by atoms with Gasteiger partial charge in [0.1, 0.15) is 0 Å². The van der Waals surface area contributed by atoms with Crippen LogP contribution in [0.15, 0.2) is 9.85 Å². The molecule has 0 N–H and O–H groups in total. The van der Waals surface area contributed by atoms with Crippen molar-refractivity contribution in [3.63, 3.8) is 0 Å². The second-order valence-electron chi connectivity index (χ2n) is 5.18. The van der Waals surface area contributed by atoms with E-state index in [4.69, 9.17) is 0 Å². The first-order valence-corrected chi connectivity index (χ1v) is 8.39. The lowest BCUT2D eigenvalue weighted by molar-refractivity contribution is 0.0759. The quantitative estimate of drug-likeness (QED) is 0.835. The summed E-state index contributed by atoms with van der Waals surface area (Å²) in [6.45, 7) is 7.30. The van der Waals surface area contributed by atoms with Gasteiger partial charge in [-0.3, -0.25) is 9.69 Å². The molecule has 3 nitrogen and oxygen atoms in total. The fourth-order valence-corrected chi connectivity index (χ4v) is 4.20. The van der Waals surface area contributed by atoms with E-state index in [-0.39, 0.29) is 5.91 Å². The van der Waals surface area contributed by atoms with Gasteiger partial charge in [0.25, 0.3) is 5.91 Å². The molecule has 0 aromatic carbocycles. The molecule has 1 aliphatic heterocycles. The molecule has 0 saturated carbocycles. The fraction of sp³-hybridized carbons (Fsp3) is 0.643. The van der Waals surface area contributed by atoms with Gasteiger partial charge in [-0.25, -0.2) is 0 Å². The highest BCUT2D eigenvalue weighted by molar-refractivity contribution is 9.11. The van der Waals surface area contributed by atoms with Gasteiger partial charge in [-0.1, -0.05) is 6.92 Å². The summed E-state index contributed by atoms with van der Waals surface area (Å²) < 4.78 is 1.06. The summed E-state index contributed by atoms with van der Waals surface area (Å²) in [6, 6.07) is 2.50. The molecule has 0 aliphatic carbocycles. The van der Waals surface area contributed by atoms with Gasteiger partial charge in [-0.2, -0.15) is 0 Å². The number of carbonyl (C=O) groups excluding carboxylic acids is 1. The minimum atomic E-state index is 0.141. The summed E-state index contributed by atoms with van der Waals surface area (Å²) >= 11 is 5.01. The SMILES string of the molecule is CCN1CCCC1CN(C)C(=O)c1cc(C)c(Br)s1. The van der Waals surface area contributed by atoms with Crippen molar-refractivity contribution >= 4 is 33.2 Å². The molecule has 19 heavy (non-hydrogen) atoms. The van der Waals surface area contributed by atoms with E-state index in [0.717, 1.165) is 27.3 Å². The van der Waals surface area contributed by atoms with Gasteiger partial charge in [-0.05, 0) is 60.4 Å². The Kier molecular flexibility index (Phi) is 5.03. The van der Waals surface area contributed by atoms with Crippen LogP contribution in [-0.4, -0.2) is 48.4 Å². The number of likely N-dealkylation sites (N-methyl/N-ethyl adjacent to an activating group) is 2. The van der Waals surface area contributed by atoms with E-state index >= 15 is 0 Å². The van der Waals surface area contributed by atoms with Crippen LogP contribution in [0.3, 0.4) is 0 Å². The van der Waals surface area contributed by atoms with Crippen LogP contribution in [0.4, 0.5) is 0 Å². The summed E-state index contributed by atoms with van der Waals surface area (Å²) in [6.07, 6.45) is 2.46. The number of aryl methyl sites for hydroxylation is 1. The van der Waals surface area contributed by atoms with Gasteiger partial charge >= 0.3 is 0 Å². The summed E-state index contributed by atoms with van der Waals surface area (Å²) in [5.74, 6) is 0.141. The van der Waals surface area contributed by atoms with E-state index in [1.54, 1.807) is 0 Å². The Morgan fingerprint density at radius 3 is 2.95 bits per heavy atom. The van der Waals surface area contributed by atoms with Gasteiger partial charge in [0.05, 0.1) is 8.66 Å². The number of hydrogen-bond donors (Lipinski definition) is 0. The Bertz CT molecular complexity index is 441. The van der Waals surface area contributed by atoms with Crippen molar-refractivity contribution in [1.29, 1.82) is 0 Å². The molecule has 5 heteroatoms. The average Bonchev–Trinajstić information content (AvgIpc) is 2.96. The lowest BCUT2D eigenvalue weighted by atomic mass is 10.2.